The molecule has 10 nitrogen and oxygen atoms in total. The van der Waals surface area contributed by atoms with Gasteiger partial charge in [-0.25, -0.2) is 16.1 Å². The topological polar surface area (TPSA) is 171 Å². The van der Waals surface area contributed by atoms with Gasteiger partial charge in [0.2, 0.25) is 0 Å². The van der Waals surface area contributed by atoms with Crippen molar-refractivity contribution >= 4 is 66.1 Å². The van der Waals surface area contributed by atoms with Crippen molar-refractivity contribution in [3.8, 4) is 57.9 Å². The number of nitrogens with one attached hydrogen (secondary N) is 2. The number of hydrazone groups is 2. The summed E-state index contributed by atoms with van der Waals surface area (Å²) in [4.78, 5) is 0. The largest absolute Gasteiger partial charge is 0.489 e. The minimum atomic E-state index is -0.216. The van der Waals surface area contributed by atoms with Gasteiger partial charge in [0.05, 0.1) is 20.3 Å². The summed E-state index contributed by atoms with van der Waals surface area (Å²) < 4.78 is 28.6. The average molecular weight is 1030 g/mol. The molecule has 14 heteroatoms. The number of nitrogens with zero attached hydrogens (tertiary/aromatic N) is 2. The number of thiophene rings is 2. The fourth-order valence-corrected chi connectivity index (χ4v) is 10.5. The number of amidine groups is 2. The Balaban J connectivity index is 0.000000229. The number of terminal acetylenes is 1. The van der Waals surface area contributed by atoms with Gasteiger partial charge in [0.1, 0.15) is 42.2 Å². The Kier molecular flexibility index (Phi) is 20.3. The third-order valence-corrected chi connectivity index (χ3v) is 14.5. The predicted octanol–water partition coefficient (Wildman–Crippen LogP) is 13.4. The first kappa shape index (κ1) is 55.0. The van der Waals surface area contributed by atoms with Gasteiger partial charge in [-0.1, -0.05) is 98.1 Å². The summed E-state index contributed by atoms with van der Waals surface area (Å²) in [5.74, 6) is 32.6. The van der Waals surface area contributed by atoms with Crippen molar-refractivity contribution in [2.45, 2.75) is 85.9 Å². The molecular weight excluding hydrogens is 971 g/mol. The number of hydrogen-bond acceptors (Lipinski definition) is 10. The van der Waals surface area contributed by atoms with Crippen LogP contribution in [0.25, 0.3) is 42.4 Å². The first-order chi connectivity index (χ1) is 35.3. The number of rotatable bonds is 15. The maximum absolute atomic E-state index is 14.8. The summed E-state index contributed by atoms with van der Waals surface area (Å²) in [7, 11) is 0. The van der Waals surface area contributed by atoms with E-state index in [-0.39, 0.29) is 18.3 Å². The molecule has 6 aromatic carbocycles. The Morgan fingerprint density at radius 3 is 1.79 bits per heavy atom. The standard InChI is InChI=1S/C31H33ClN4OS.C25H25FN4OS.C3H4/c1-5-6-24(16-30(35-33)36-34)22-7-10-25(11-8-22)37-17-21-14-27-28(18-38-31(27)29(32)15-21)26-12-9-23(19(2)3)13-20(26)4;1-16-4-2-3-5-20(16)22-15-32-25-21(22)12-18(13-23(25)26)14-31-19-9-6-17(7-10-19)8-11-24(29-27)30-28;1-3-2/h7-15,18-19,24H,16-17,33-34H2,1-4H3,(H,35,36);2-7,9-10,12-13,15H,8,11,14,27-28H2,1H3,(H,29,30);1H,2H3. The molecule has 10 N–H and O–H groups in total. The number of aryl methyl sites for hydroxylation is 3. The second-order valence-corrected chi connectivity index (χ2v) is 19.6. The molecule has 0 fully saturated rings. The average Bonchev–Trinajstić information content (AvgIpc) is 4.03. The molecule has 0 spiro atoms. The molecule has 1 atom stereocenters. The summed E-state index contributed by atoms with van der Waals surface area (Å²) in [6, 6.07) is 38.4. The van der Waals surface area contributed by atoms with Crippen molar-refractivity contribution in [3.05, 3.63) is 176 Å². The molecule has 0 saturated heterocycles. The highest BCUT2D eigenvalue weighted by Crippen LogP contribution is 2.41. The second kappa shape index (κ2) is 26.9. The predicted molar refractivity (Wildman–Crippen MR) is 306 cm³/mol. The van der Waals surface area contributed by atoms with Crippen molar-refractivity contribution in [2.24, 2.45) is 33.6 Å². The fourth-order valence-electron chi connectivity index (χ4n) is 8.20. The highest BCUT2D eigenvalue weighted by Gasteiger charge is 2.17. The van der Waals surface area contributed by atoms with Gasteiger partial charge in [0.25, 0.3) is 0 Å². The second-order valence-electron chi connectivity index (χ2n) is 17.4. The van der Waals surface area contributed by atoms with E-state index in [1.807, 2.05) is 85.1 Å². The monoisotopic (exact) mass is 1030 g/mol. The third kappa shape index (κ3) is 14.4. The van der Waals surface area contributed by atoms with E-state index in [0.717, 1.165) is 71.8 Å². The van der Waals surface area contributed by atoms with E-state index >= 15 is 0 Å². The minimum Gasteiger partial charge on any atom is -0.489 e. The van der Waals surface area contributed by atoms with Crippen LogP contribution in [0.1, 0.15) is 91.3 Å². The molecule has 0 bridgehead atoms. The lowest BCUT2D eigenvalue weighted by atomic mass is 9.94. The molecule has 2 aromatic heterocycles. The first-order valence-corrected chi connectivity index (χ1v) is 25.8. The Morgan fingerprint density at radius 2 is 1.23 bits per heavy atom. The fraction of sp³-hybridized carbons (Fsp3) is 0.220. The van der Waals surface area contributed by atoms with E-state index in [1.54, 1.807) is 24.3 Å². The lowest BCUT2D eigenvalue weighted by Gasteiger charge is -2.14. The summed E-state index contributed by atoms with van der Waals surface area (Å²) in [6.45, 7) is 12.8. The Labute approximate surface area is 441 Å². The number of benzene rings is 6. The summed E-state index contributed by atoms with van der Waals surface area (Å²) in [5.41, 5.74) is 17.4. The lowest BCUT2D eigenvalue weighted by molar-refractivity contribution is 0.305. The van der Waals surface area contributed by atoms with Crippen LogP contribution in [0.15, 0.2) is 136 Å². The highest BCUT2D eigenvalue weighted by atomic mass is 35.5. The number of hydrogen-bond donors (Lipinski definition) is 6. The molecule has 73 heavy (non-hydrogen) atoms. The molecular formula is C59H62ClFN8O2S2. The number of hydrazine groups is 2. The van der Waals surface area contributed by atoms with Gasteiger partial charge in [0.15, 0.2) is 0 Å². The summed E-state index contributed by atoms with van der Waals surface area (Å²) in [6.07, 6.45) is 6.47. The molecule has 0 amide bonds. The molecule has 0 saturated carbocycles. The maximum atomic E-state index is 14.8. The zero-order chi connectivity index (χ0) is 52.4. The lowest BCUT2D eigenvalue weighted by Crippen LogP contribution is -2.32. The third-order valence-electron chi connectivity index (χ3n) is 12.0. The molecule has 0 aliphatic heterocycles. The molecule has 376 valence electrons. The van der Waals surface area contributed by atoms with Crippen LogP contribution in [0.4, 0.5) is 4.39 Å². The van der Waals surface area contributed by atoms with Gasteiger partial charge in [-0.15, -0.1) is 40.9 Å². The van der Waals surface area contributed by atoms with E-state index < -0.39 is 0 Å². The van der Waals surface area contributed by atoms with Crippen molar-refractivity contribution in [2.75, 3.05) is 0 Å². The van der Waals surface area contributed by atoms with E-state index in [4.69, 9.17) is 44.4 Å². The van der Waals surface area contributed by atoms with Gasteiger partial charge in [-0.3, -0.25) is 0 Å². The van der Waals surface area contributed by atoms with Crippen LogP contribution in [-0.2, 0) is 19.6 Å². The Morgan fingerprint density at radius 1 is 0.685 bits per heavy atom. The van der Waals surface area contributed by atoms with Crippen LogP contribution < -0.4 is 43.7 Å². The summed E-state index contributed by atoms with van der Waals surface area (Å²) in [5, 5.41) is 14.3. The highest BCUT2D eigenvalue weighted by molar-refractivity contribution is 7.18. The van der Waals surface area contributed by atoms with Gasteiger partial charge in [-0.2, -0.15) is 10.2 Å². The molecule has 8 rings (SSSR count). The number of ether oxygens (including phenoxy) is 2. The summed E-state index contributed by atoms with van der Waals surface area (Å²) >= 11 is 9.83. The number of nitrogens with two attached hydrogens (primary N) is 4. The minimum absolute atomic E-state index is 0.0799. The molecule has 8 aromatic rings. The maximum Gasteiger partial charge on any atom is 0.141 e. The van der Waals surface area contributed by atoms with Crippen LogP contribution in [0.5, 0.6) is 11.5 Å². The molecule has 0 aliphatic rings. The first-order valence-electron chi connectivity index (χ1n) is 23.6. The van der Waals surface area contributed by atoms with Crippen LogP contribution in [0.2, 0.25) is 5.02 Å². The Bertz CT molecular complexity index is 3290. The quantitative estimate of drug-likeness (QED) is 0.0194. The van der Waals surface area contributed by atoms with E-state index in [2.05, 4.69) is 115 Å². The van der Waals surface area contributed by atoms with E-state index in [9.17, 15) is 4.39 Å². The van der Waals surface area contributed by atoms with E-state index in [1.165, 1.54) is 39.2 Å². The SMILES string of the molecule is C#CC.CC#CC(C/C(=N/N)NN)c1ccc(OCc2cc(Cl)c3scc(-c4ccc(C(C)C)cc4C)c3c2)cc1.Cc1ccccc1-c1csc2c(F)cc(COc3ccc(CC/C(=N/N)NN)cc3)cc12. The van der Waals surface area contributed by atoms with Gasteiger partial charge >= 0.3 is 0 Å². The van der Waals surface area contributed by atoms with Crippen LogP contribution in [-0.4, -0.2) is 11.7 Å². The van der Waals surface area contributed by atoms with Crippen LogP contribution in [0, 0.1) is 43.8 Å². The molecule has 2 heterocycles. The van der Waals surface area contributed by atoms with Gasteiger partial charge in [0, 0.05) is 34.7 Å². The van der Waals surface area contributed by atoms with Crippen molar-refractivity contribution in [1.82, 2.24) is 10.9 Å². The van der Waals surface area contributed by atoms with Crippen LogP contribution >= 0.6 is 34.3 Å². The van der Waals surface area contributed by atoms with Crippen molar-refractivity contribution in [3.63, 3.8) is 0 Å². The Hall–Kier alpha value is -7.36. The smallest absolute Gasteiger partial charge is 0.141 e. The number of halogens is 2. The normalized spacial score (nSPS) is 11.6. The van der Waals surface area contributed by atoms with E-state index in [0.29, 0.717) is 41.7 Å². The van der Waals surface area contributed by atoms with Crippen molar-refractivity contribution in [1.29, 1.82) is 0 Å². The van der Waals surface area contributed by atoms with Crippen molar-refractivity contribution < 1.29 is 13.9 Å². The van der Waals surface area contributed by atoms with Crippen LogP contribution in [0.3, 0.4) is 0 Å². The zero-order valence-electron chi connectivity index (χ0n) is 42.0. The molecule has 0 aliphatic carbocycles. The van der Waals surface area contributed by atoms with Gasteiger partial charge < -0.3 is 32.0 Å². The molecule has 1 unspecified atom stereocenters. The van der Waals surface area contributed by atoms with Gasteiger partial charge in [-0.05, 0) is 149 Å². The number of fused-ring (bicyclic) bond motifs is 2. The molecule has 0 radical (unpaired) electrons. The zero-order valence-corrected chi connectivity index (χ0v) is 44.4.